The third-order valence-electron chi connectivity index (χ3n) is 3.71. The molecule has 1 amide bonds. The van der Waals surface area contributed by atoms with Gasteiger partial charge in [-0.05, 0) is 47.9 Å². The Bertz CT molecular complexity index is 761. The minimum Gasteiger partial charge on any atom is -0.349 e. The van der Waals surface area contributed by atoms with Crippen molar-refractivity contribution in [1.29, 1.82) is 0 Å². The van der Waals surface area contributed by atoms with Crippen LogP contribution < -0.4 is 5.32 Å². The summed E-state index contributed by atoms with van der Waals surface area (Å²) in [5.41, 5.74) is 3.32. The molecular formula is C17H19N3OS. The van der Waals surface area contributed by atoms with Crippen LogP contribution in [0.5, 0.6) is 0 Å². The monoisotopic (exact) mass is 313 g/mol. The molecule has 0 aliphatic rings. The zero-order valence-electron chi connectivity index (χ0n) is 12.6. The van der Waals surface area contributed by atoms with E-state index in [4.69, 9.17) is 0 Å². The van der Waals surface area contributed by atoms with Crippen LogP contribution in [-0.4, -0.2) is 15.5 Å². The Hall–Kier alpha value is -2.14. The lowest BCUT2D eigenvalue weighted by molar-refractivity contribution is -0.121. The highest BCUT2D eigenvalue weighted by atomic mass is 32.1. The molecule has 0 radical (unpaired) electrons. The molecule has 2 heterocycles. The van der Waals surface area contributed by atoms with Gasteiger partial charge < -0.3 is 9.88 Å². The first kappa shape index (κ1) is 14.8. The molecule has 3 rings (SSSR count). The molecule has 0 spiro atoms. The summed E-state index contributed by atoms with van der Waals surface area (Å²) in [6, 6.07) is 10.1. The summed E-state index contributed by atoms with van der Waals surface area (Å²) >= 11 is 1.66. The largest absolute Gasteiger partial charge is 0.349 e. The van der Waals surface area contributed by atoms with Gasteiger partial charge in [0.2, 0.25) is 5.91 Å². The molecule has 0 saturated carbocycles. The molecule has 0 aliphatic heterocycles. The molecule has 3 aromatic rings. The molecule has 2 aromatic heterocycles. The van der Waals surface area contributed by atoms with Crippen molar-refractivity contribution in [3.63, 3.8) is 0 Å². The predicted octanol–water partition coefficient (Wildman–Crippen LogP) is 3.37. The minimum atomic E-state index is 0.0703. The van der Waals surface area contributed by atoms with E-state index in [1.807, 2.05) is 23.6 Å². The van der Waals surface area contributed by atoms with Gasteiger partial charge in [0.15, 0.2) is 0 Å². The van der Waals surface area contributed by atoms with E-state index in [2.05, 4.69) is 39.3 Å². The van der Waals surface area contributed by atoms with Crippen molar-refractivity contribution in [2.24, 2.45) is 0 Å². The summed E-state index contributed by atoms with van der Waals surface area (Å²) in [7, 11) is 0. The van der Waals surface area contributed by atoms with Gasteiger partial charge in [-0.15, -0.1) is 0 Å². The molecule has 1 aromatic carbocycles. The molecule has 0 aliphatic carbocycles. The van der Waals surface area contributed by atoms with E-state index in [1.165, 1.54) is 5.56 Å². The molecule has 5 heteroatoms. The summed E-state index contributed by atoms with van der Waals surface area (Å²) in [5.74, 6) is 0.980. The maximum absolute atomic E-state index is 12.0. The van der Waals surface area contributed by atoms with Crippen LogP contribution in [0.2, 0.25) is 0 Å². The SMILES string of the molecule is CCn1c(CNC(=O)CCc2ccsc2)nc2ccccc21. The molecule has 22 heavy (non-hydrogen) atoms. The van der Waals surface area contributed by atoms with Crippen LogP contribution in [0, 0.1) is 0 Å². The molecule has 1 N–H and O–H groups in total. The van der Waals surface area contributed by atoms with Gasteiger partial charge in [-0.25, -0.2) is 4.98 Å². The fraction of sp³-hybridized carbons (Fsp3) is 0.294. The van der Waals surface area contributed by atoms with Crippen LogP contribution in [0.1, 0.15) is 24.7 Å². The smallest absolute Gasteiger partial charge is 0.220 e. The highest BCUT2D eigenvalue weighted by Gasteiger charge is 2.10. The summed E-state index contributed by atoms with van der Waals surface area (Å²) in [4.78, 5) is 16.6. The van der Waals surface area contributed by atoms with Gasteiger partial charge >= 0.3 is 0 Å². The molecule has 0 saturated heterocycles. The highest BCUT2D eigenvalue weighted by molar-refractivity contribution is 7.07. The van der Waals surface area contributed by atoms with Crippen molar-refractivity contribution >= 4 is 28.3 Å². The van der Waals surface area contributed by atoms with Gasteiger partial charge in [0, 0.05) is 13.0 Å². The molecule has 0 atom stereocenters. The van der Waals surface area contributed by atoms with Gasteiger partial charge in [-0.3, -0.25) is 4.79 Å². The molecule has 4 nitrogen and oxygen atoms in total. The number of thiophene rings is 1. The number of hydrogen-bond acceptors (Lipinski definition) is 3. The van der Waals surface area contributed by atoms with Gasteiger partial charge in [-0.1, -0.05) is 12.1 Å². The Morgan fingerprint density at radius 1 is 1.32 bits per heavy atom. The van der Waals surface area contributed by atoms with Gasteiger partial charge in [0.25, 0.3) is 0 Å². The van der Waals surface area contributed by atoms with Crippen molar-refractivity contribution in [3.05, 3.63) is 52.5 Å². The van der Waals surface area contributed by atoms with Crippen molar-refractivity contribution in [1.82, 2.24) is 14.9 Å². The Kier molecular flexibility index (Phi) is 4.53. The molecule has 0 bridgehead atoms. The summed E-state index contributed by atoms with van der Waals surface area (Å²) < 4.78 is 2.15. The van der Waals surface area contributed by atoms with E-state index in [1.54, 1.807) is 11.3 Å². The Morgan fingerprint density at radius 3 is 2.95 bits per heavy atom. The third-order valence-corrected chi connectivity index (χ3v) is 4.45. The molecule has 0 fully saturated rings. The summed E-state index contributed by atoms with van der Waals surface area (Å²) in [6.45, 7) is 3.42. The number of imidazole rings is 1. The zero-order valence-corrected chi connectivity index (χ0v) is 13.4. The predicted molar refractivity (Wildman–Crippen MR) is 89.9 cm³/mol. The number of nitrogens with zero attached hydrogens (tertiary/aromatic N) is 2. The summed E-state index contributed by atoms with van der Waals surface area (Å²) in [5, 5.41) is 7.10. The van der Waals surface area contributed by atoms with Crippen molar-refractivity contribution in [2.75, 3.05) is 0 Å². The van der Waals surface area contributed by atoms with E-state index in [9.17, 15) is 4.79 Å². The molecule has 114 valence electrons. The first-order valence-electron chi connectivity index (χ1n) is 7.50. The second-order valence-corrected chi connectivity index (χ2v) is 5.95. The Balaban J connectivity index is 1.62. The Morgan fingerprint density at radius 2 is 2.18 bits per heavy atom. The lowest BCUT2D eigenvalue weighted by Crippen LogP contribution is -2.24. The summed E-state index contributed by atoms with van der Waals surface area (Å²) in [6.07, 6.45) is 1.31. The standard InChI is InChI=1S/C17H19N3OS/c1-2-20-15-6-4-3-5-14(15)19-16(20)11-18-17(21)8-7-13-9-10-22-12-13/h3-6,9-10,12H,2,7-8,11H2,1H3,(H,18,21). The number of aryl methyl sites for hydroxylation is 2. The fourth-order valence-corrected chi connectivity index (χ4v) is 3.28. The quantitative estimate of drug-likeness (QED) is 0.758. The van der Waals surface area contributed by atoms with Crippen LogP contribution in [0.25, 0.3) is 11.0 Å². The number of aromatic nitrogens is 2. The van der Waals surface area contributed by atoms with E-state index >= 15 is 0 Å². The minimum absolute atomic E-state index is 0.0703. The second kappa shape index (κ2) is 6.75. The van der Waals surface area contributed by atoms with Gasteiger partial charge in [-0.2, -0.15) is 11.3 Å². The van der Waals surface area contributed by atoms with Crippen molar-refractivity contribution < 1.29 is 4.79 Å². The third kappa shape index (κ3) is 3.20. The normalized spacial score (nSPS) is 11.0. The van der Waals surface area contributed by atoms with Crippen LogP contribution >= 0.6 is 11.3 Å². The topological polar surface area (TPSA) is 46.9 Å². The highest BCUT2D eigenvalue weighted by Crippen LogP contribution is 2.15. The maximum atomic E-state index is 12.0. The molecular weight excluding hydrogens is 294 g/mol. The number of benzene rings is 1. The first-order valence-corrected chi connectivity index (χ1v) is 8.44. The van der Waals surface area contributed by atoms with E-state index in [0.717, 1.165) is 29.8 Å². The number of carbonyl (C=O) groups is 1. The second-order valence-electron chi connectivity index (χ2n) is 5.17. The van der Waals surface area contributed by atoms with Crippen LogP contribution in [0.15, 0.2) is 41.1 Å². The van der Waals surface area contributed by atoms with E-state index in [0.29, 0.717) is 13.0 Å². The molecule has 0 unspecified atom stereocenters. The first-order chi connectivity index (χ1) is 10.8. The fourth-order valence-electron chi connectivity index (χ4n) is 2.57. The number of nitrogens with one attached hydrogen (secondary N) is 1. The number of hydrogen-bond donors (Lipinski definition) is 1. The maximum Gasteiger partial charge on any atom is 0.220 e. The average Bonchev–Trinajstić information content (AvgIpc) is 3.17. The number of para-hydroxylation sites is 2. The van der Waals surface area contributed by atoms with Gasteiger partial charge in [0.1, 0.15) is 5.82 Å². The number of amides is 1. The van der Waals surface area contributed by atoms with Crippen LogP contribution in [0.3, 0.4) is 0 Å². The zero-order chi connectivity index (χ0) is 15.4. The number of fused-ring (bicyclic) bond motifs is 1. The van der Waals surface area contributed by atoms with Gasteiger partial charge in [0.05, 0.1) is 17.6 Å². The Labute approximate surface area is 133 Å². The van der Waals surface area contributed by atoms with Crippen molar-refractivity contribution in [2.45, 2.75) is 32.9 Å². The van der Waals surface area contributed by atoms with Crippen LogP contribution in [0.4, 0.5) is 0 Å². The lowest BCUT2D eigenvalue weighted by atomic mass is 10.2. The van der Waals surface area contributed by atoms with E-state index < -0.39 is 0 Å². The van der Waals surface area contributed by atoms with Crippen molar-refractivity contribution in [3.8, 4) is 0 Å². The van der Waals surface area contributed by atoms with Crippen LogP contribution in [-0.2, 0) is 24.3 Å². The number of carbonyl (C=O) groups excluding carboxylic acids is 1. The average molecular weight is 313 g/mol. The lowest BCUT2D eigenvalue weighted by Gasteiger charge is -2.07. The van der Waals surface area contributed by atoms with E-state index in [-0.39, 0.29) is 5.91 Å². The number of rotatable bonds is 6.